The number of nitrogens with zero attached hydrogens (tertiary/aromatic N) is 4. The SMILES string of the molecule is COc1cc(N2CCN(C(=O)Cn3nc(C(F)(F)F)c(Cl)c3C)C(C(O)Cc3ccccc3)C2)ccc1Cl. The van der Waals surface area contributed by atoms with Crippen LogP contribution in [0.2, 0.25) is 10.0 Å². The predicted molar refractivity (Wildman–Crippen MR) is 139 cm³/mol. The van der Waals surface area contributed by atoms with Gasteiger partial charge in [-0.3, -0.25) is 9.48 Å². The highest BCUT2D eigenvalue weighted by Crippen LogP contribution is 2.35. The number of alkyl halides is 3. The van der Waals surface area contributed by atoms with Crippen LogP contribution in [0, 0.1) is 6.92 Å². The second-order valence-electron chi connectivity index (χ2n) is 9.08. The zero-order valence-electron chi connectivity index (χ0n) is 20.8. The molecule has 7 nitrogen and oxygen atoms in total. The Morgan fingerprint density at radius 1 is 1.18 bits per heavy atom. The van der Waals surface area contributed by atoms with Gasteiger partial charge in [-0.1, -0.05) is 53.5 Å². The lowest BCUT2D eigenvalue weighted by atomic mass is 9.98. The van der Waals surface area contributed by atoms with Crippen molar-refractivity contribution >= 4 is 34.8 Å². The molecule has 2 heterocycles. The molecule has 4 rings (SSSR count). The third kappa shape index (κ3) is 6.03. The molecule has 0 radical (unpaired) electrons. The van der Waals surface area contributed by atoms with Crippen LogP contribution in [0.25, 0.3) is 0 Å². The quantitative estimate of drug-likeness (QED) is 0.440. The van der Waals surface area contributed by atoms with Crippen molar-refractivity contribution < 1.29 is 27.8 Å². The molecule has 1 fully saturated rings. The van der Waals surface area contributed by atoms with Crippen molar-refractivity contribution in [3.05, 3.63) is 75.5 Å². The Balaban J connectivity index is 1.60. The zero-order valence-corrected chi connectivity index (χ0v) is 22.3. The number of aliphatic hydroxyl groups excluding tert-OH is 1. The largest absolute Gasteiger partial charge is 0.495 e. The number of carbonyl (C=O) groups excluding carboxylic acids is 1. The van der Waals surface area contributed by atoms with Gasteiger partial charge in [0.05, 0.1) is 35.0 Å². The molecule has 1 N–H and O–H groups in total. The minimum atomic E-state index is -4.74. The van der Waals surface area contributed by atoms with Gasteiger partial charge >= 0.3 is 6.18 Å². The fourth-order valence-corrected chi connectivity index (χ4v) is 5.04. The van der Waals surface area contributed by atoms with Gasteiger partial charge in [0, 0.05) is 37.8 Å². The Labute approximate surface area is 228 Å². The van der Waals surface area contributed by atoms with E-state index in [1.54, 1.807) is 12.1 Å². The second kappa shape index (κ2) is 11.4. The van der Waals surface area contributed by atoms with Crippen LogP contribution >= 0.6 is 23.2 Å². The highest BCUT2D eigenvalue weighted by atomic mass is 35.5. The third-order valence-corrected chi connectivity index (χ3v) is 7.42. The second-order valence-corrected chi connectivity index (χ2v) is 9.86. The Kier molecular flexibility index (Phi) is 8.44. The number of rotatable bonds is 7. The van der Waals surface area contributed by atoms with E-state index in [1.165, 1.54) is 18.9 Å². The van der Waals surface area contributed by atoms with Gasteiger partial charge in [0.25, 0.3) is 0 Å². The average molecular weight is 571 g/mol. The van der Waals surface area contributed by atoms with E-state index < -0.39 is 41.5 Å². The van der Waals surface area contributed by atoms with E-state index in [0.717, 1.165) is 15.9 Å². The van der Waals surface area contributed by atoms with Crippen LogP contribution in [0.1, 0.15) is 17.0 Å². The van der Waals surface area contributed by atoms with E-state index in [9.17, 15) is 23.1 Å². The number of aliphatic hydroxyl groups is 1. The lowest BCUT2D eigenvalue weighted by molar-refractivity contribution is -0.142. The number of amides is 1. The van der Waals surface area contributed by atoms with E-state index in [1.807, 2.05) is 41.3 Å². The van der Waals surface area contributed by atoms with E-state index in [0.29, 0.717) is 17.3 Å². The number of benzene rings is 2. The van der Waals surface area contributed by atoms with Crippen LogP contribution in [0.4, 0.5) is 18.9 Å². The molecule has 38 heavy (non-hydrogen) atoms. The normalized spacial score (nSPS) is 17.0. The van der Waals surface area contributed by atoms with Crippen LogP contribution in [0.15, 0.2) is 48.5 Å². The number of hydrogen-bond acceptors (Lipinski definition) is 5. The van der Waals surface area contributed by atoms with Gasteiger partial charge in [0.2, 0.25) is 5.91 Å². The molecule has 1 aliphatic rings. The fourth-order valence-electron chi connectivity index (χ4n) is 4.60. The van der Waals surface area contributed by atoms with Gasteiger partial charge < -0.3 is 19.6 Å². The van der Waals surface area contributed by atoms with Crippen molar-refractivity contribution in [1.82, 2.24) is 14.7 Å². The molecule has 1 aliphatic heterocycles. The number of piperazine rings is 1. The Morgan fingerprint density at radius 2 is 1.89 bits per heavy atom. The molecule has 1 amide bonds. The maximum absolute atomic E-state index is 13.4. The smallest absolute Gasteiger partial charge is 0.436 e. The summed E-state index contributed by atoms with van der Waals surface area (Å²) in [6.45, 7) is 1.89. The van der Waals surface area contributed by atoms with Crippen molar-refractivity contribution in [2.45, 2.75) is 38.2 Å². The number of aromatic nitrogens is 2. The van der Waals surface area contributed by atoms with Crippen molar-refractivity contribution in [2.24, 2.45) is 0 Å². The molecule has 2 atom stereocenters. The number of carbonyl (C=O) groups is 1. The van der Waals surface area contributed by atoms with Gasteiger partial charge in [-0.25, -0.2) is 0 Å². The molecule has 2 unspecified atom stereocenters. The first kappa shape index (κ1) is 28.1. The van der Waals surface area contributed by atoms with Gasteiger partial charge in [0.15, 0.2) is 5.69 Å². The van der Waals surface area contributed by atoms with Gasteiger partial charge in [-0.05, 0) is 24.6 Å². The summed E-state index contributed by atoms with van der Waals surface area (Å²) < 4.78 is 46.1. The summed E-state index contributed by atoms with van der Waals surface area (Å²) in [4.78, 5) is 16.9. The summed E-state index contributed by atoms with van der Waals surface area (Å²) in [6, 6.07) is 14.0. The number of hydrogen-bond donors (Lipinski definition) is 1. The Bertz CT molecular complexity index is 1290. The van der Waals surface area contributed by atoms with Crippen LogP contribution in [0.5, 0.6) is 5.75 Å². The van der Waals surface area contributed by atoms with Crippen molar-refractivity contribution in [3.63, 3.8) is 0 Å². The molecule has 0 aliphatic carbocycles. The highest BCUT2D eigenvalue weighted by Gasteiger charge is 2.40. The lowest BCUT2D eigenvalue weighted by Gasteiger charge is -2.44. The number of anilines is 1. The topological polar surface area (TPSA) is 70.8 Å². The molecule has 1 saturated heterocycles. The molecular weight excluding hydrogens is 544 g/mol. The summed E-state index contributed by atoms with van der Waals surface area (Å²) in [6.07, 6.45) is -5.39. The standard InChI is InChI=1S/C26H27Cl2F3N4O3/c1-16-24(28)25(26(29,30)31)32-35(16)15-23(37)34-11-10-33(18-8-9-19(27)22(13-18)38-2)14-20(34)21(36)12-17-6-4-3-5-7-17/h3-9,13,20-21,36H,10-12,14-15H2,1-2H3. The number of ether oxygens (including phenoxy) is 1. The summed E-state index contributed by atoms with van der Waals surface area (Å²) >= 11 is 12.0. The minimum absolute atomic E-state index is 0.0422. The summed E-state index contributed by atoms with van der Waals surface area (Å²) in [5.74, 6) is 0.0296. The molecule has 12 heteroatoms. The first-order valence-electron chi connectivity index (χ1n) is 11.9. The van der Waals surface area contributed by atoms with E-state index in [2.05, 4.69) is 5.10 Å². The van der Waals surface area contributed by atoms with Crippen molar-refractivity contribution in [2.75, 3.05) is 31.6 Å². The van der Waals surface area contributed by atoms with Crippen molar-refractivity contribution in [1.29, 1.82) is 0 Å². The van der Waals surface area contributed by atoms with E-state index >= 15 is 0 Å². The lowest BCUT2D eigenvalue weighted by Crippen LogP contribution is -2.60. The number of methoxy groups -OCH3 is 1. The highest BCUT2D eigenvalue weighted by molar-refractivity contribution is 6.32. The fraction of sp³-hybridized carbons (Fsp3) is 0.385. The first-order chi connectivity index (χ1) is 18.0. The maximum atomic E-state index is 13.4. The van der Waals surface area contributed by atoms with Crippen LogP contribution in [-0.4, -0.2) is 64.6 Å². The third-order valence-electron chi connectivity index (χ3n) is 6.66. The van der Waals surface area contributed by atoms with E-state index in [-0.39, 0.29) is 25.2 Å². The van der Waals surface area contributed by atoms with Crippen molar-refractivity contribution in [3.8, 4) is 5.75 Å². The van der Waals surface area contributed by atoms with Gasteiger partial charge in [-0.2, -0.15) is 18.3 Å². The van der Waals surface area contributed by atoms with Gasteiger partial charge in [0.1, 0.15) is 12.3 Å². The Morgan fingerprint density at radius 3 is 2.53 bits per heavy atom. The minimum Gasteiger partial charge on any atom is -0.495 e. The van der Waals surface area contributed by atoms with Crippen LogP contribution in [-0.2, 0) is 23.9 Å². The zero-order chi connectivity index (χ0) is 27.6. The average Bonchev–Trinajstić information content (AvgIpc) is 3.18. The number of halogens is 5. The maximum Gasteiger partial charge on any atom is 0.436 e. The summed E-state index contributed by atoms with van der Waals surface area (Å²) in [5.41, 5.74) is 0.509. The molecule has 0 bridgehead atoms. The van der Waals surface area contributed by atoms with Crippen LogP contribution in [0.3, 0.4) is 0 Å². The first-order valence-corrected chi connectivity index (χ1v) is 12.6. The molecule has 204 valence electrons. The molecule has 1 aromatic heterocycles. The predicted octanol–water partition coefficient (Wildman–Crippen LogP) is 4.85. The molecule has 2 aromatic carbocycles. The molecular formula is C26H27Cl2F3N4O3. The Hall–Kier alpha value is -2.95. The van der Waals surface area contributed by atoms with Crippen LogP contribution < -0.4 is 9.64 Å². The summed E-state index contributed by atoms with van der Waals surface area (Å²) in [5, 5.41) is 14.7. The molecule has 3 aromatic rings. The monoisotopic (exact) mass is 570 g/mol. The van der Waals surface area contributed by atoms with Gasteiger partial charge in [-0.15, -0.1) is 0 Å². The van der Waals surface area contributed by atoms with E-state index in [4.69, 9.17) is 27.9 Å². The summed E-state index contributed by atoms with van der Waals surface area (Å²) in [7, 11) is 1.52. The molecule has 0 saturated carbocycles. The molecule has 0 spiro atoms.